The summed E-state index contributed by atoms with van der Waals surface area (Å²) in [4.78, 5) is 4.84. The third-order valence-electron chi connectivity index (χ3n) is 13.9. The number of unbranched alkanes of at least 4 members (excludes halogenated alkanes) is 6. The molecule has 0 aromatic carbocycles. The maximum Gasteiger partial charge on any atom is 0.0933 e. The Labute approximate surface area is 366 Å². The van der Waals surface area contributed by atoms with Crippen LogP contribution >= 0.6 is 0 Å². The molecule has 3 unspecified atom stereocenters. The molecule has 0 bridgehead atoms. The van der Waals surface area contributed by atoms with E-state index in [4.69, 9.17) is 0 Å². The van der Waals surface area contributed by atoms with E-state index in [1.54, 1.807) is 5.57 Å². The van der Waals surface area contributed by atoms with Gasteiger partial charge in [0.05, 0.1) is 5.82 Å². The van der Waals surface area contributed by atoms with Gasteiger partial charge in [0.25, 0.3) is 0 Å². The van der Waals surface area contributed by atoms with Crippen LogP contribution in [0.5, 0.6) is 0 Å². The van der Waals surface area contributed by atoms with Crippen molar-refractivity contribution in [3.05, 3.63) is 36.7 Å². The minimum atomic E-state index is 0.912. The van der Waals surface area contributed by atoms with E-state index in [2.05, 4.69) is 69.7 Å². The molecule has 3 nitrogen and oxygen atoms in total. The van der Waals surface area contributed by atoms with Crippen LogP contribution in [-0.2, 0) is 0 Å². The van der Waals surface area contributed by atoms with Crippen molar-refractivity contribution in [1.29, 1.82) is 0 Å². The van der Waals surface area contributed by atoms with Gasteiger partial charge in [-0.15, -0.1) is 0 Å². The lowest BCUT2D eigenvalue weighted by Crippen LogP contribution is -2.31. The second kappa shape index (κ2) is 39.9. The maximum atomic E-state index is 4.64. The van der Waals surface area contributed by atoms with Crippen molar-refractivity contribution in [2.45, 2.75) is 258 Å². The van der Waals surface area contributed by atoms with Gasteiger partial charge in [0.2, 0.25) is 0 Å². The predicted octanol–water partition coefficient (Wildman–Crippen LogP) is 17.4. The van der Waals surface area contributed by atoms with E-state index in [-0.39, 0.29) is 0 Å². The lowest BCUT2D eigenvalue weighted by atomic mass is 9.77. The fourth-order valence-electron chi connectivity index (χ4n) is 9.86. The molecule has 0 aliphatic carbocycles. The molecule has 3 heteroatoms. The molecule has 0 saturated carbocycles. The first-order valence-corrected chi connectivity index (χ1v) is 26.5. The summed E-state index contributed by atoms with van der Waals surface area (Å²) in [6.07, 6.45) is 51.4. The van der Waals surface area contributed by atoms with Gasteiger partial charge in [0.15, 0.2) is 0 Å². The zero-order valence-corrected chi connectivity index (χ0v) is 40.7. The van der Waals surface area contributed by atoms with Gasteiger partial charge >= 0.3 is 0 Å². The van der Waals surface area contributed by atoms with Crippen molar-refractivity contribution in [3.63, 3.8) is 0 Å². The Bertz CT molecular complexity index is 937. The second-order valence-electron chi connectivity index (χ2n) is 19.6. The molecule has 1 heterocycles. The molecule has 0 aromatic rings. The molecule has 58 heavy (non-hydrogen) atoms. The molecule has 1 rings (SSSR count). The Morgan fingerprint density at radius 2 is 1.03 bits per heavy atom. The highest BCUT2D eigenvalue weighted by molar-refractivity contribution is 4.94. The Kier molecular flexibility index (Phi) is 37.7. The van der Waals surface area contributed by atoms with Crippen LogP contribution in [0.25, 0.3) is 0 Å². The van der Waals surface area contributed by atoms with Crippen LogP contribution in [0.2, 0.25) is 0 Å². The number of allylic oxidation sites excluding steroid dienone is 2. The van der Waals surface area contributed by atoms with E-state index in [0.717, 1.165) is 30.1 Å². The van der Waals surface area contributed by atoms with Gasteiger partial charge in [-0.3, -0.25) is 0 Å². The molecule has 0 amide bonds. The third-order valence-corrected chi connectivity index (χ3v) is 13.9. The van der Waals surface area contributed by atoms with Crippen molar-refractivity contribution in [2.24, 2.45) is 17.8 Å². The van der Waals surface area contributed by atoms with Gasteiger partial charge in [-0.2, -0.15) is 0 Å². The molecule has 3 atom stereocenters. The summed E-state index contributed by atoms with van der Waals surface area (Å²) in [6.45, 7) is 25.2. The van der Waals surface area contributed by atoms with Gasteiger partial charge < -0.3 is 15.1 Å². The number of rotatable bonds is 18. The fourth-order valence-corrected chi connectivity index (χ4v) is 9.86. The highest BCUT2D eigenvalue weighted by atomic mass is 15.2. The largest absolute Gasteiger partial charge is 0.372 e. The smallest absolute Gasteiger partial charge is 0.0933 e. The summed E-state index contributed by atoms with van der Waals surface area (Å²) in [5.74, 6) is 3.85. The zero-order valence-electron chi connectivity index (χ0n) is 40.7. The summed E-state index contributed by atoms with van der Waals surface area (Å²) in [5.41, 5.74) is 3.06. The summed E-state index contributed by atoms with van der Waals surface area (Å²) >= 11 is 0. The first-order valence-electron chi connectivity index (χ1n) is 26.5. The van der Waals surface area contributed by atoms with E-state index >= 15 is 0 Å². The van der Waals surface area contributed by atoms with Crippen LogP contribution in [0.15, 0.2) is 36.7 Å². The Morgan fingerprint density at radius 3 is 1.64 bits per heavy atom. The van der Waals surface area contributed by atoms with Gasteiger partial charge in [0, 0.05) is 20.6 Å². The van der Waals surface area contributed by atoms with E-state index in [0.29, 0.717) is 0 Å². The van der Waals surface area contributed by atoms with Crippen molar-refractivity contribution in [2.75, 3.05) is 40.3 Å². The summed E-state index contributed by atoms with van der Waals surface area (Å²) in [5, 5.41) is 3.51. The number of nitrogens with zero attached hydrogens (tertiary/aromatic N) is 2. The third kappa shape index (κ3) is 32.5. The Morgan fingerprint density at radius 1 is 0.517 bits per heavy atom. The highest BCUT2D eigenvalue weighted by Gasteiger charge is 2.21. The van der Waals surface area contributed by atoms with Crippen molar-refractivity contribution < 1.29 is 0 Å². The Balaban J connectivity index is 2.80. The summed E-state index contributed by atoms with van der Waals surface area (Å²) < 4.78 is 0. The summed E-state index contributed by atoms with van der Waals surface area (Å²) in [6, 6.07) is 0. The number of hydrogen-bond acceptors (Lipinski definition) is 3. The standard InChI is InChI=1S/C55H107N3/c1-9-12-14-15-22-29-39-53-40-33-43-55(41-13-10-2)54(35-11-3)42-30-23-16-19-26-36-50(4)37-27-20-17-24-31-47-58(49-34-46-56-52(6)57(7)8)48-32-25-18-21-28-38-51(5)44-45-53/h53-56H,4-6,9-49H2,1-3,7-8H3. The van der Waals surface area contributed by atoms with Crippen molar-refractivity contribution in [3.8, 4) is 0 Å². The molecular formula is C55H107N3. The van der Waals surface area contributed by atoms with Gasteiger partial charge in [0.1, 0.15) is 0 Å². The lowest BCUT2D eigenvalue weighted by Gasteiger charge is -2.28. The molecule has 1 saturated heterocycles. The van der Waals surface area contributed by atoms with Crippen LogP contribution in [0.4, 0.5) is 0 Å². The monoisotopic (exact) mass is 810 g/mol. The average molecular weight is 810 g/mol. The molecule has 1 aliphatic rings. The SMILES string of the molecule is C=C1CCCCCCCC(CCC)C(CCCC)CCCC(CCCCCCCC)CCC(=C)CCCCCCCN(CCCNC(=C)N(C)C)CCCCCCC1. The van der Waals surface area contributed by atoms with Crippen molar-refractivity contribution in [1.82, 2.24) is 15.1 Å². The topological polar surface area (TPSA) is 18.5 Å². The summed E-state index contributed by atoms with van der Waals surface area (Å²) in [7, 11) is 4.13. The van der Waals surface area contributed by atoms with E-state index in [9.17, 15) is 0 Å². The van der Waals surface area contributed by atoms with Crippen LogP contribution in [0.1, 0.15) is 258 Å². The molecule has 342 valence electrons. The maximum absolute atomic E-state index is 4.64. The number of hydrogen-bond donors (Lipinski definition) is 1. The fraction of sp³-hybridized carbons (Fsp3) is 0.891. The lowest BCUT2D eigenvalue weighted by molar-refractivity contribution is 0.235. The first kappa shape index (κ1) is 54.8. The van der Waals surface area contributed by atoms with E-state index in [1.807, 2.05) is 0 Å². The van der Waals surface area contributed by atoms with E-state index in [1.165, 1.54) is 263 Å². The first-order chi connectivity index (χ1) is 28.3. The van der Waals surface area contributed by atoms with Crippen LogP contribution in [-0.4, -0.2) is 50.1 Å². The molecule has 0 radical (unpaired) electrons. The van der Waals surface area contributed by atoms with Crippen molar-refractivity contribution >= 4 is 0 Å². The molecule has 1 aliphatic heterocycles. The number of nitrogens with one attached hydrogen (secondary N) is 1. The van der Waals surface area contributed by atoms with Crippen LogP contribution in [0.3, 0.4) is 0 Å². The minimum absolute atomic E-state index is 0.912. The Hall–Kier alpha value is -1.22. The van der Waals surface area contributed by atoms with E-state index < -0.39 is 0 Å². The van der Waals surface area contributed by atoms with Crippen LogP contribution < -0.4 is 5.32 Å². The minimum Gasteiger partial charge on any atom is -0.372 e. The molecular weight excluding hydrogens is 703 g/mol. The van der Waals surface area contributed by atoms with Gasteiger partial charge in [-0.05, 0) is 108 Å². The highest BCUT2D eigenvalue weighted by Crippen LogP contribution is 2.34. The second-order valence-corrected chi connectivity index (χ2v) is 19.6. The van der Waals surface area contributed by atoms with Gasteiger partial charge in [-0.25, -0.2) is 0 Å². The van der Waals surface area contributed by atoms with Crippen LogP contribution in [0, 0.1) is 17.8 Å². The quantitative estimate of drug-likeness (QED) is 0.110. The predicted molar refractivity (Wildman–Crippen MR) is 264 cm³/mol. The molecule has 0 aromatic heterocycles. The van der Waals surface area contributed by atoms with Gasteiger partial charge in [-0.1, -0.05) is 219 Å². The molecule has 1 fully saturated rings. The molecule has 0 spiro atoms. The normalized spacial score (nSPS) is 22.7. The average Bonchev–Trinajstić information content (AvgIpc) is 3.21. The zero-order chi connectivity index (χ0) is 42.3. The molecule has 1 N–H and O–H groups in total.